The van der Waals surface area contributed by atoms with E-state index in [1.807, 2.05) is 6.07 Å². The molecule has 2 aromatic heterocycles. The van der Waals surface area contributed by atoms with Crippen LogP contribution in [0, 0.1) is 0 Å². The maximum Gasteiger partial charge on any atom is 0.257 e. The molecule has 23 heavy (non-hydrogen) atoms. The fourth-order valence-electron chi connectivity index (χ4n) is 2.40. The predicted octanol–water partition coefficient (Wildman–Crippen LogP) is 3.73. The van der Waals surface area contributed by atoms with E-state index in [0.29, 0.717) is 22.2 Å². The summed E-state index contributed by atoms with van der Waals surface area (Å²) in [5.41, 5.74) is 2.75. The average molecular weight is 327 g/mol. The van der Waals surface area contributed by atoms with Crippen molar-refractivity contribution in [2.24, 2.45) is 0 Å². The molecular formula is C16H11ClN4O2. The van der Waals surface area contributed by atoms with E-state index in [4.69, 9.17) is 16.0 Å². The Morgan fingerprint density at radius 1 is 1.26 bits per heavy atom. The van der Waals surface area contributed by atoms with Crippen LogP contribution >= 0.6 is 11.6 Å². The highest BCUT2D eigenvalue weighted by molar-refractivity contribution is 6.34. The molecule has 0 aliphatic carbocycles. The largest absolute Gasteiger partial charge is 0.463 e. The van der Waals surface area contributed by atoms with E-state index in [-0.39, 0.29) is 5.91 Å². The van der Waals surface area contributed by atoms with Crippen molar-refractivity contribution in [2.75, 3.05) is 10.6 Å². The van der Waals surface area contributed by atoms with Crippen molar-refractivity contribution in [2.45, 2.75) is 0 Å². The fourth-order valence-corrected chi connectivity index (χ4v) is 2.58. The third kappa shape index (κ3) is 2.49. The number of halogens is 1. The highest BCUT2D eigenvalue weighted by atomic mass is 35.5. The molecule has 1 aliphatic rings. The SMILES string of the molecule is O=C1Nc2ccc(Cl)cc2/C1=C/Nc1cc(-c2ccco2)[nH]n1. The number of H-pyrrole nitrogens is 1. The normalized spacial score (nSPS) is 14.8. The zero-order chi connectivity index (χ0) is 15.8. The van der Waals surface area contributed by atoms with Crippen molar-refractivity contribution >= 4 is 34.6 Å². The van der Waals surface area contributed by atoms with Gasteiger partial charge in [0.1, 0.15) is 5.69 Å². The van der Waals surface area contributed by atoms with E-state index in [0.717, 1.165) is 16.9 Å². The quantitative estimate of drug-likeness (QED) is 0.640. The Bertz CT molecular complexity index is 912. The van der Waals surface area contributed by atoms with Gasteiger partial charge in [0.15, 0.2) is 11.6 Å². The van der Waals surface area contributed by atoms with E-state index in [1.54, 1.807) is 42.8 Å². The first kappa shape index (κ1) is 13.7. The molecule has 0 bridgehead atoms. The summed E-state index contributed by atoms with van der Waals surface area (Å²) in [4.78, 5) is 12.1. The third-order valence-electron chi connectivity index (χ3n) is 3.49. The van der Waals surface area contributed by atoms with Gasteiger partial charge in [-0.2, -0.15) is 5.10 Å². The van der Waals surface area contributed by atoms with Crippen LogP contribution in [0.3, 0.4) is 0 Å². The highest BCUT2D eigenvalue weighted by Gasteiger charge is 2.24. The van der Waals surface area contributed by atoms with Crippen molar-refractivity contribution < 1.29 is 9.21 Å². The van der Waals surface area contributed by atoms with Gasteiger partial charge in [0.25, 0.3) is 5.91 Å². The summed E-state index contributed by atoms with van der Waals surface area (Å²) in [6.07, 6.45) is 3.20. The van der Waals surface area contributed by atoms with E-state index in [1.165, 1.54) is 0 Å². The Morgan fingerprint density at radius 2 is 2.17 bits per heavy atom. The van der Waals surface area contributed by atoms with Gasteiger partial charge in [-0.3, -0.25) is 9.89 Å². The Balaban J connectivity index is 1.60. The molecule has 1 amide bonds. The molecule has 7 heteroatoms. The zero-order valence-corrected chi connectivity index (χ0v) is 12.5. The van der Waals surface area contributed by atoms with Crippen LogP contribution in [0.25, 0.3) is 17.0 Å². The lowest BCUT2D eigenvalue weighted by Crippen LogP contribution is -2.05. The number of aromatic nitrogens is 2. The number of carbonyl (C=O) groups is 1. The summed E-state index contributed by atoms with van der Waals surface area (Å²) < 4.78 is 5.29. The van der Waals surface area contributed by atoms with Gasteiger partial charge in [0.05, 0.1) is 11.8 Å². The van der Waals surface area contributed by atoms with E-state index < -0.39 is 0 Å². The molecule has 0 radical (unpaired) electrons. The van der Waals surface area contributed by atoms with Crippen LogP contribution in [0.5, 0.6) is 0 Å². The first-order valence-corrected chi connectivity index (χ1v) is 7.26. The molecule has 4 rings (SSSR count). The summed E-state index contributed by atoms with van der Waals surface area (Å²) >= 11 is 6.00. The van der Waals surface area contributed by atoms with Crippen molar-refractivity contribution in [1.82, 2.24) is 10.2 Å². The minimum atomic E-state index is -0.184. The molecule has 3 N–H and O–H groups in total. The van der Waals surface area contributed by atoms with Crippen LogP contribution in [0.15, 0.2) is 53.3 Å². The smallest absolute Gasteiger partial charge is 0.257 e. The Labute approximate surface area is 136 Å². The molecule has 6 nitrogen and oxygen atoms in total. The van der Waals surface area contributed by atoms with Gasteiger partial charge in [-0.15, -0.1) is 0 Å². The van der Waals surface area contributed by atoms with Crippen molar-refractivity contribution in [3.63, 3.8) is 0 Å². The maximum atomic E-state index is 12.1. The van der Waals surface area contributed by atoms with Crippen LogP contribution in [-0.2, 0) is 4.79 Å². The van der Waals surface area contributed by atoms with Crippen molar-refractivity contribution in [1.29, 1.82) is 0 Å². The number of amides is 1. The number of aromatic amines is 1. The van der Waals surface area contributed by atoms with Gasteiger partial charge in [-0.25, -0.2) is 0 Å². The molecule has 0 atom stereocenters. The number of nitrogens with one attached hydrogen (secondary N) is 3. The molecule has 1 aliphatic heterocycles. The Morgan fingerprint density at radius 3 is 3.00 bits per heavy atom. The van der Waals surface area contributed by atoms with Gasteiger partial charge < -0.3 is 15.1 Å². The molecule has 0 fully saturated rings. The molecule has 0 saturated heterocycles. The van der Waals surface area contributed by atoms with Crippen LogP contribution in [-0.4, -0.2) is 16.1 Å². The van der Waals surface area contributed by atoms with Crippen LogP contribution in [0.2, 0.25) is 5.02 Å². The molecular weight excluding hydrogens is 316 g/mol. The minimum Gasteiger partial charge on any atom is -0.463 e. The van der Waals surface area contributed by atoms with Crippen LogP contribution in [0.1, 0.15) is 5.56 Å². The number of fused-ring (bicyclic) bond motifs is 1. The molecule has 0 saturated carbocycles. The summed E-state index contributed by atoms with van der Waals surface area (Å²) in [5, 5.41) is 13.4. The van der Waals surface area contributed by atoms with Gasteiger partial charge in [-0.05, 0) is 30.3 Å². The van der Waals surface area contributed by atoms with Crippen molar-refractivity contribution in [3.05, 3.63) is 59.4 Å². The van der Waals surface area contributed by atoms with Gasteiger partial charge in [0, 0.05) is 28.5 Å². The molecule has 0 unspecified atom stereocenters. The zero-order valence-electron chi connectivity index (χ0n) is 11.8. The Hall–Kier alpha value is -2.99. The van der Waals surface area contributed by atoms with Gasteiger partial charge in [-0.1, -0.05) is 11.6 Å². The monoisotopic (exact) mass is 326 g/mol. The number of benzene rings is 1. The van der Waals surface area contributed by atoms with Gasteiger partial charge in [0.2, 0.25) is 0 Å². The second kappa shape index (κ2) is 5.33. The first-order valence-electron chi connectivity index (χ1n) is 6.88. The lowest BCUT2D eigenvalue weighted by molar-refractivity contribution is -0.110. The molecule has 114 valence electrons. The second-order valence-corrected chi connectivity index (χ2v) is 5.43. The summed E-state index contributed by atoms with van der Waals surface area (Å²) in [6.45, 7) is 0. The van der Waals surface area contributed by atoms with Crippen LogP contribution in [0.4, 0.5) is 11.5 Å². The first-order chi connectivity index (χ1) is 11.2. The highest BCUT2D eigenvalue weighted by Crippen LogP contribution is 2.33. The number of hydrogen-bond donors (Lipinski definition) is 3. The number of anilines is 2. The van der Waals surface area contributed by atoms with Crippen LogP contribution < -0.4 is 10.6 Å². The molecule has 3 aromatic rings. The number of furan rings is 1. The third-order valence-corrected chi connectivity index (χ3v) is 3.73. The molecule has 0 spiro atoms. The maximum absolute atomic E-state index is 12.1. The van der Waals surface area contributed by atoms with Gasteiger partial charge >= 0.3 is 0 Å². The van der Waals surface area contributed by atoms with E-state index >= 15 is 0 Å². The minimum absolute atomic E-state index is 0.184. The number of rotatable bonds is 3. The second-order valence-electron chi connectivity index (χ2n) is 4.99. The fraction of sp³-hybridized carbons (Fsp3) is 0. The number of nitrogens with zero attached hydrogens (tertiary/aromatic N) is 1. The van der Waals surface area contributed by atoms with E-state index in [2.05, 4.69) is 20.8 Å². The Kier molecular flexibility index (Phi) is 3.17. The topological polar surface area (TPSA) is 83.0 Å². The predicted molar refractivity (Wildman–Crippen MR) is 88.0 cm³/mol. The lowest BCUT2D eigenvalue weighted by Gasteiger charge is -1.99. The molecule has 1 aromatic carbocycles. The average Bonchev–Trinajstić information content (AvgIpc) is 3.24. The van der Waals surface area contributed by atoms with E-state index in [9.17, 15) is 4.79 Å². The number of hydrogen-bond acceptors (Lipinski definition) is 4. The lowest BCUT2D eigenvalue weighted by atomic mass is 10.1. The summed E-state index contributed by atoms with van der Waals surface area (Å²) in [7, 11) is 0. The standard InChI is InChI=1S/C16H11ClN4O2/c17-9-3-4-12-10(6-9)11(16(22)19-12)8-18-15-7-13(20-21-15)14-2-1-5-23-14/h1-8H,(H,19,22)(H2,18,20,21)/b11-8-. The summed E-state index contributed by atoms with van der Waals surface area (Å²) in [5.74, 6) is 1.08. The number of carbonyl (C=O) groups excluding carboxylic acids is 1. The molecule has 3 heterocycles. The summed E-state index contributed by atoms with van der Waals surface area (Å²) in [6, 6.07) is 10.7. The van der Waals surface area contributed by atoms with Crippen molar-refractivity contribution in [3.8, 4) is 11.5 Å².